The number of hydrogen-bond acceptors (Lipinski definition) is 3. The van der Waals surface area contributed by atoms with E-state index in [0.717, 1.165) is 62.9 Å². The third-order valence-electron chi connectivity index (χ3n) is 8.33. The maximum absolute atomic E-state index is 13.6. The number of ether oxygens (including phenoxy) is 2. The molecule has 1 aromatic carbocycles. The van der Waals surface area contributed by atoms with Crippen molar-refractivity contribution in [3.05, 3.63) is 52.6 Å². The minimum absolute atomic E-state index is 0.125. The Kier molecular flexibility index (Phi) is 9.86. The summed E-state index contributed by atoms with van der Waals surface area (Å²) in [4.78, 5) is 15.7. The van der Waals surface area contributed by atoms with Gasteiger partial charge in [0, 0.05) is 18.7 Å². The van der Waals surface area contributed by atoms with Gasteiger partial charge in [-0.2, -0.15) is 0 Å². The van der Waals surface area contributed by atoms with Crippen LogP contribution in [0.25, 0.3) is 0 Å². The van der Waals surface area contributed by atoms with E-state index >= 15 is 0 Å². The molecule has 3 rings (SSSR count). The van der Waals surface area contributed by atoms with Gasteiger partial charge < -0.3 is 14.4 Å². The first kappa shape index (κ1) is 28.5. The van der Waals surface area contributed by atoms with Crippen LogP contribution in [0.15, 0.2) is 41.5 Å². The van der Waals surface area contributed by atoms with Crippen molar-refractivity contribution in [3.8, 4) is 5.75 Å². The molecular formula is C32H49NO3. The molecule has 0 radical (unpaired) electrons. The van der Waals surface area contributed by atoms with Crippen LogP contribution < -0.4 is 4.74 Å². The molecule has 3 unspecified atom stereocenters. The highest BCUT2D eigenvalue weighted by Crippen LogP contribution is 2.51. The number of amides is 1. The largest absolute Gasteiger partial charge is 0.496 e. The second kappa shape index (κ2) is 12.4. The van der Waals surface area contributed by atoms with E-state index in [1.165, 1.54) is 16.7 Å². The highest BCUT2D eigenvalue weighted by Gasteiger charge is 2.45. The zero-order chi connectivity index (χ0) is 26.5. The third kappa shape index (κ3) is 6.43. The zero-order valence-corrected chi connectivity index (χ0v) is 24.0. The number of rotatable bonds is 8. The topological polar surface area (TPSA) is 38.8 Å². The Morgan fingerprint density at radius 3 is 2.58 bits per heavy atom. The quantitative estimate of drug-likeness (QED) is 0.372. The van der Waals surface area contributed by atoms with Crippen LogP contribution in [-0.4, -0.2) is 43.2 Å². The summed E-state index contributed by atoms with van der Waals surface area (Å²) in [5.41, 5.74) is 4.99. The number of carbonyl (C=O) groups excluding carboxylic acids is 1. The van der Waals surface area contributed by atoms with Crippen molar-refractivity contribution < 1.29 is 14.3 Å². The average Bonchev–Trinajstić information content (AvgIpc) is 2.98. The molecule has 0 saturated carbocycles. The SMILES string of the molecule is C/C=C\C1=C(CC)CC2(CCN(C(=O)c3ccc(CC(C)C)c(OC)c3)CCC2C)CC1OC(C)C. The molecule has 2 aliphatic rings. The fourth-order valence-electron chi connectivity index (χ4n) is 6.30. The van der Waals surface area contributed by atoms with E-state index in [-0.39, 0.29) is 23.5 Å². The van der Waals surface area contributed by atoms with Gasteiger partial charge in [-0.3, -0.25) is 4.79 Å². The number of hydrogen-bond donors (Lipinski definition) is 0. The van der Waals surface area contributed by atoms with Crippen molar-refractivity contribution in [2.45, 2.75) is 99.2 Å². The summed E-state index contributed by atoms with van der Waals surface area (Å²) < 4.78 is 12.2. The van der Waals surface area contributed by atoms with Gasteiger partial charge in [0.05, 0.1) is 19.3 Å². The van der Waals surface area contributed by atoms with E-state index in [2.05, 4.69) is 71.6 Å². The minimum atomic E-state index is 0.125. The van der Waals surface area contributed by atoms with E-state index in [1.54, 1.807) is 7.11 Å². The predicted octanol–water partition coefficient (Wildman–Crippen LogP) is 7.62. The van der Waals surface area contributed by atoms with E-state index < -0.39 is 0 Å². The molecule has 1 fully saturated rings. The van der Waals surface area contributed by atoms with Crippen LogP contribution in [-0.2, 0) is 11.2 Å². The number of nitrogens with zero attached hydrogens (tertiary/aromatic N) is 1. The van der Waals surface area contributed by atoms with Crippen LogP contribution in [0.4, 0.5) is 0 Å². The lowest BCUT2D eigenvalue weighted by atomic mass is 9.61. The van der Waals surface area contributed by atoms with Crippen LogP contribution in [0.1, 0.15) is 96.5 Å². The Bertz CT molecular complexity index is 960. The van der Waals surface area contributed by atoms with E-state index in [4.69, 9.17) is 9.47 Å². The smallest absolute Gasteiger partial charge is 0.253 e. The molecule has 0 aromatic heterocycles. The first-order valence-electron chi connectivity index (χ1n) is 14.1. The number of carbonyl (C=O) groups is 1. The van der Waals surface area contributed by atoms with E-state index in [0.29, 0.717) is 11.8 Å². The molecule has 1 amide bonds. The molecule has 200 valence electrons. The molecular weight excluding hydrogens is 446 g/mol. The van der Waals surface area contributed by atoms with Gasteiger partial charge >= 0.3 is 0 Å². The summed E-state index contributed by atoms with van der Waals surface area (Å²) in [5.74, 6) is 2.02. The van der Waals surface area contributed by atoms with Crippen molar-refractivity contribution in [3.63, 3.8) is 0 Å². The molecule has 0 N–H and O–H groups in total. The Hall–Kier alpha value is -2.07. The summed E-state index contributed by atoms with van der Waals surface area (Å²) >= 11 is 0. The summed E-state index contributed by atoms with van der Waals surface area (Å²) in [6, 6.07) is 6.00. The Morgan fingerprint density at radius 2 is 1.97 bits per heavy atom. The summed E-state index contributed by atoms with van der Waals surface area (Å²) in [6.45, 7) is 17.1. The lowest BCUT2D eigenvalue weighted by molar-refractivity contribution is -0.0224. The van der Waals surface area contributed by atoms with Crippen molar-refractivity contribution in [2.75, 3.05) is 20.2 Å². The van der Waals surface area contributed by atoms with Crippen LogP contribution in [0, 0.1) is 17.3 Å². The van der Waals surface area contributed by atoms with Crippen molar-refractivity contribution in [2.24, 2.45) is 17.3 Å². The molecule has 4 heteroatoms. The second-order valence-corrected chi connectivity index (χ2v) is 11.7. The van der Waals surface area contributed by atoms with Crippen molar-refractivity contribution in [1.29, 1.82) is 0 Å². The lowest BCUT2D eigenvalue weighted by Crippen LogP contribution is -2.40. The highest BCUT2D eigenvalue weighted by molar-refractivity contribution is 5.94. The van der Waals surface area contributed by atoms with Gasteiger partial charge in [0.25, 0.3) is 5.91 Å². The average molecular weight is 496 g/mol. The molecule has 1 heterocycles. The first-order valence-corrected chi connectivity index (χ1v) is 14.1. The maximum Gasteiger partial charge on any atom is 0.253 e. The second-order valence-electron chi connectivity index (χ2n) is 11.7. The van der Waals surface area contributed by atoms with Gasteiger partial charge in [0.1, 0.15) is 5.75 Å². The fraction of sp³-hybridized carbons (Fsp3) is 0.656. The highest BCUT2D eigenvalue weighted by atomic mass is 16.5. The Balaban J connectivity index is 1.84. The predicted molar refractivity (Wildman–Crippen MR) is 150 cm³/mol. The molecule has 1 aliphatic heterocycles. The number of benzene rings is 1. The fourth-order valence-corrected chi connectivity index (χ4v) is 6.30. The minimum Gasteiger partial charge on any atom is -0.496 e. The van der Waals surface area contributed by atoms with Gasteiger partial charge in [-0.05, 0) is 99.8 Å². The Morgan fingerprint density at radius 1 is 1.22 bits per heavy atom. The molecule has 1 spiro atoms. The summed E-state index contributed by atoms with van der Waals surface area (Å²) in [7, 11) is 1.70. The zero-order valence-electron chi connectivity index (χ0n) is 24.0. The standard InChI is InChI=1S/C32H49NO3/c1-9-11-28-25(10-2)20-32(21-30(28)36-23(5)6)15-17-33(16-14-24(32)7)31(34)27-13-12-26(18-22(3)4)29(19-27)35-8/h9,11-13,19,22-24,30H,10,14-18,20-21H2,1-8H3/b11-9-. The molecule has 4 nitrogen and oxygen atoms in total. The molecule has 0 bridgehead atoms. The summed E-state index contributed by atoms with van der Waals surface area (Å²) in [5, 5.41) is 0. The van der Waals surface area contributed by atoms with Crippen molar-refractivity contribution in [1.82, 2.24) is 4.90 Å². The molecule has 1 saturated heterocycles. The number of likely N-dealkylation sites (tertiary alicyclic amines) is 1. The van der Waals surface area contributed by atoms with E-state index in [9.17, 15) is 4.79 Å². The van der Waals surface area contributed by atoms with Crippen LogP contribution >= 0.6 is 0 Å². The van der Waals surface area contributed by atoms with Crippen LogP contribution in [0.3, 0.4) is 0 Å². The summed E-state index contributed by atoms with van der Waals surface area (Å²) in [6.07, 6.45) is 10.9. The van der Waals surface area contributed by atoms with Crippen molar-refractivity contribution >= 4 is 5.91 Å². The monoisotopic (exact) mass is 495 g/mol. The van der Waals surface area contributed by atoms with Gasteiger partial charge in [-0.25, -0.2) is 0 Å². The molecule has 1 aromatic rings. The molecule has 36 heavy (non-hydrogen) atoms. The molecule has 3 atom stereocenters. The number of allylic oxidation sites excluding steroid dienone is 2. The first-order chi connectivity index (χ1) is 17.1. The van der Waals surface area contributed by atoms with Gasteiger partial charge in [0.2, 0.25) is 0 Å². The molecule has 1 aliphatic carbocycles. The third-order valence-corrected chi connectivity index (χ3v) is 8.33. The van der Waals surface area contributed by atoms with Crippen LogP contribution in [0.5, 0.6) is 5.75 Å². The van der Waals surface area contributed by atoms with Gasteiger partial charge in [0.15, 0.2) is 0 Å². The normalized spacial score (nSPS) is 25.3. The van der Waals surface area contributed by atoms with Crippen LogP contribution in [0.2, 0.25) is 0 Å². The van der Waals surface area contributed by atoms with E-state index in [1.807, 2.05) is 12.1 Å². The number of methoxy groups -OCH3 is 1. The Labute approximate surface area is 220 Å². The van der Waals surface area contributed by atoms with Gasteiger partial charge in [-0.1, -0.05) is 51.5 Å². The van der Waals surface area contributed by atoms with Gasteiger partial charge in [-0.15, -0.1) is 0 Å². The maximum atomic E-state index is 13.6. The lowest BCUT2D eigenvalue weighted by Gasteiger charge is -2.46.